The number of hydrogen-bond acceptors (Lipinski definition) is 2. The van der Waals surface area contributed by atoms with Crippen LogP contribution in [0.1, 0.15) is 6.42 Å². The van der Waals surface area contributed by atoms with Crippen LogP contribution in [0.25, 0.3) is 0 Å². The van der Waals surface area contributed by atoms with E-state index >= 15 is 0 Å². The van der Waals surface area contributed by atoms with E-state index in [0.29, 0.717) is 0 Å². The van der Waals surface area contributed by atoms with E-state index < -0.39 is 0 Å². The summed E-state index contributed by atoms with van der Waals surface area (Å²) in [5.74, 6) is 0.910. The fraction of sp³-hybridized carbons (Fsp3) is 0.0909. The highest BCUT2D eigenvalue weighted by atomic mass is 15.3. The van der Waals surface area contributed by atoms with Gasteiger partial charge in [0.2, 0.25) is 0 Å². The summed E-state index contributed by atoms with van der Waals surface area (Å²) in [6.45, 7) is 7.65. The lowest BCUT2D eigenvalue weighted by atomic mass is 10.2. The summed E-state index contributed by atoms with van der Waals surface area (Å²) in [5.41, 5.74) is 2.34. The van der Waals surface area contributed by atoms with Gasteiger partial charge >= 0.3 is 0 Å². The molecule has 2 heteroatoms. The van der Waals surface area contributed by atoms with Gasteiger partial charge < -0.3 is 10.2 Å². The van der Waals surface area contributed by atoms with Crippen LogP contribution in [0, 0.1) is 0 Å². The van der Waals surface area contributed by atoms with Gasteiger partial charge in [-0.25, -0.2) is 0 Å². The molecule has 0 saturated heterocycles. The second kappa shape index (κ2) is 2.98. The van der Waals surface area contributed by atoms with E-state index in [1.807, 2.05) is 29.3 Å². The monoisotopic (exact) mass is 172 g/mol. The van der Waals surface area contributed by atoms with Crippen LogP contribution in [-0.4, -0.2) is 4.90 Å². The maximum absolute atomic E-state index is 3.92. The second-order valence-electron chi connectivity index (χ2n) is 3.00. The predicted octanol–water partition coefficient (Wildman–Crippen LogP) is 2.23. The molecule has 0 fully saturated rings. The van der Waals surface area contributed by atoms with Gasteiger partial charge in [-0.3, -0.25) is 0 Å². The molecule has 0 unspecified atom stereocenters. The molecule has 13 heavy (non-hydrogen) atoms. The number of nitrogens with zero attached hydrogens (tertiary/aromatic N) is 1. The molecule has 0 amide bonds. The molecule has 2 rings (SSSR count). The van der Waals surface area contributed by atoms with Crippen molar-refractivity contribution in [3.05, 3.63) is 60.9 Å². The molecular formula is C11H12N2. The zero-order valence-electron chi connectivity index (χ0n) is 7.46. The maximum Gasteiger partial charge on any atom is 0.107 e. The van der Waals surface area contributed by atoms with E-state index in [9.17, 15) is 0 Å². The Morgan fingerprint density at radius 2 is 2.31 bits per heavy atom. The largest absolute Gasteiger partial charge is 0.343 e. The van der Waals surface area contributed by atoms with Crippen molar-refractivity contribution in [3.8, 4) is 0 Å². The summed E-state index contributed by atoms with van der Waals surface area (Å²) < 4.78 is 0. The summed E-state index contributed by atoms with van der Waals surface area (Å²) in [4.78, 5) is 2.04. The molecule has 0 spiro atoms. The fourth-order valence-electron chi connectivity index (χ4n) is 1.52. The van der Waals surface area contributed by atoms with Crippen LogP contribution >= 0.6 is 0 Å². The first-order chi connectivity index (χ1) is 6.33. The first kappa shape index (κ1) is 7.92. The minimum atomic E-state index is 0.850. The van der Waals surface area contributed by atoms with E-state index in [-0.39, 0.29) is 0 Å². The van der Waals surface area contributed by atoms with Crippen LogP contribution in [0.15, 0.2) is 60.9 Å². The Hall–Kier alpha value is -1.70. The Balaban J connectivity index is 2.36. The molecule has 2 nitrogen and oxygen atoms in total. The smallest absolute Gasteiger partial charge is 0.107 e. The third-order valence-corrected chi connectivity index (χ3v) is 2.10. The van der Waals surface area contributed by atoms with Gasteiger partial charge in [-0.05, 0) is 12.2 Å². The first-order valence-electron chi connectivity index (χ1n) is 4.27. The van der Waals surface area contributed by atoms with E-state index in [2.05, 4.69) is 24.6 Å². The lowest BCUT2D eigenvalue weighted by molar-refractivity contribution is 0.598. The van der Waals surface area contributed by atoms with Crippen LogP contribution in [0.2, 0.25) is 0 Å². The normalized spacial score (nSPS) is 19.1. The van der Waals surface area contributed by atoms with Crippen molar-refractivity contribution in [1.29, 1.82) is 0 Å². The molecule has 0 bridgehead atoms. The van der Waals surface area contributed by atoms with Gasteiger partial charge in [0.1, 0.15) is 5.82 Å². The van der Waals surface area contributed by atoms with Crippen molar-refractivity contribution in [3.63, 3.8) is 0 Å². The van der Waals surface area contributed by atoms with Crippen molar-refractivity contribution < 1.29 is 0 Å². The van der Waals surface area contributed by atoms with Crippen molar-refractivity contribution >= 4 is 0 Å². The standard InChI is InChI=1S/C11H12N2/c1-3-6-10-11-7-4-5-8-13(11)9(2)12-10/h3-5,7-8,12H,1-2,6H2. The van der Waals surface area contributed by atoms with Crippen molar-refractivity contribution in [1.82, 2.24) is 10.2 Å². The van der Waals surface area contributed by atoms with Crippen molar-refractivity contribution in [2.24, 2.45) is 0 Å². The van der Waals surface area contributed by atoms with Gasteiger partial charge in [0.05, 0.1) is 5.70 Å². The number of nitrogens with one attached hydrogen (secondary N) is 1. The lowest BCUT2D eigenvalue weighted by Crippen LogP contribution is -2.14. The molecule has 66 valence electrons. The molecule has 2 heterocycles. The summed E-state index contributed by atoms with van der Waals surface area (Å²) in [6, 6.07) is 0. The van der Waals surface area contributed by atoms with Crippen LogP contribution < -0.4 is 5.32 Å². The lowest BCUT2D eigenvalue weighted by Gasteiger charge is -2.17. The Bertz CT molecular complexity index is 345. The van der Waals surface area contributed by atoms with Gasteiger partial charge in [0.15, 0.2) is 0 Å². The molecule has 2 aliphatic rings. The third kappa shape index (κ3) is 1.20. The second-order valence-corrected chi connectivity index (χ2v) is 3.00. The van der Waals surface area contributed by atoms with Gasteiger partial charge in [0.25, 0.3) is 0 Å². The molecule has 0 aromatic carbocycles. The quantitative estimate of drug-likeness (QED) is 0.642. The minimum Gasteiger partial charge on any atom is -0.343 e. The summed E-state index contributed by atoms with van der Waals surface area (Å²) in [6.07, 6.45) is 10.8. The summed E-state index contributed by atoms with van der Waals surface area (Å²) in [5, 5.41) is 3.23. The third-order valence-electron chi connectivity index (χ3n) is 2.10. The van der Waals surface area contributed by atoms with Gasteiger partial charge in [-0.2, -0.15) is 0 Å². The fourth-order valence-corrected chi connectivity index (χ4v) is 1.52. The Morgan fingerprint density at radius 1 is 1.46 bits per heavy atom. The Kier molecular flexibility index (Phi) is 1.81. The van der Waals surface area contributed by atoms with Gasteiger partial charge in [-0.1, -0.05) is 18.7 Å². The summed E-state index contributed by atoms with van der Waals surface area (Å²) in [7, 11) is 0. The van der Waals surface area contributed by atoms with Gasteiger partial charge in [0, 0.05) is 18.3 Å². The zero-order chi connectivity index (χ0) is 9.26. The molecule has 0 aliphatic carbocycles. The van der Waals surface area contributed by atoms with Crippen LogP contribution in [-0.2, 0) is 0 Å². The molecule has 0 atom stereocenters. The van der Waals surface area contributed by atoms with Crippen molar-refractivity contribution in [2.75, 3.05) is 0 Å². The molecule has 0 aromatic heterocycles. The molecule has 1 N–H and O–H groups in total. The SMILES string of the molecule is C=CCC1=C2C=CC=CN2C(=C)N1. The first-order valence-corrected chi connectivity index (χ1v) is 4.27. The summed E-state index contributed by atoms with van der Waals surface area (Å²) >= 11 is 0. The number of allylic oxidation sites excluding steroid dienone is 4. The number of rotatable bonds is 2. The molecule has 0 aromatic rings. The van der Waals surface area contributed by atoms with Crippen molar-refractivity contribution in [2.45, 2.75) is 6.42 Å². The van der Waals surface area contributed by atoms with E-state index in [1.54, 1.807) is 0 Å². The van der Waals surface area contributed by atoms with E-state index in [4.69, 9.17) is 0 Å². The van der Waals surface area contributed by atoms with Gasteiger partial charge in [-0.15, -0.1) is 6.58 Å². The van der Waals surface area contributed by atoms with Crippen LogP contribution in [0.3, 0.4) is 0 Å². The Morgan fingerprint density at radius 3 is 3.08 bits per heavy atom. The number of fused-ring (bicyclic) bond motifs is 1. The highest BCUT2D eigenvalue weighted by Crippen LogP contribution is 2.27. The zero-order valence-corrected chi connectivity index (χ0v) is 7.46. The Labute approximate surface area is 78.2 Å². The average molecular weight is 172 g/mol. The highest BCUT2D eigenvalue weighted by molar-refractivity contribution is 5.41. The maximum atomic E-state index is 3.92. The van der Waals surface area contributed by atoms with E-state index in [0.717, 1.165) is 12.2 Å². The topological polar surface area (TPSA) is 15.3 Å². The number of hydrogen-bond donors (Lipinski definition) is 1. The van der Waals surface area contributed by atoms with E-state index in [1.165, 1.54) is 11.4 Å². The molecule has 2 aliphatic heterocycles. The van der Waals surface area contributed by atoms with Crippen LogP contribution in [0.5, 0.6) is 0 Å². The minimum absolute atomic E-state index is 0.850. The van der Waals surface area contributed by atoms with Crippen LogP contribution in [0.4, 0.5) is 0 Å². The molecule has 0 saturated carbocycles. The molecule has 0 radical (unpaired) electrons. The predicted molar refractivity (Wildman–Crippen MR) is 54.2 cm³/mol. The molecular weight excluding hydrogens is 160 g/mol. The average Bonchev–Trinajstić information content (AvgIpc) is 2.46. The highest BCUT2D eigenvalue weighted by Gasteiger charge is 2.21.